The fourth-order valence-corrected chi connectivity index (χ4v) is 1.46. The molecule has 0 aliphatic heterocycles. The summed E-state index contributed by atoms with van der Waals surface area (Å²) in [5, 5.41) is 19.0. The fourth-order valence-electron chi connectivity index (χ4n) is 1.46. The second-order valence-corrected chi connectivity index (χ2v) is 5.20. The maximum atomic E-state index is 11.7. The van der Waals surface area contributed by atoms with Gasteiger partial charge in [0.1, 0.15) is 5.60 Å². The van der Waals surface area contributed by atoms with E-state index in [1.54, 1.807) is 20.8 Å². The van der Waals surface area contributed by atoms with Gasteiger partial charge in [0.05, 0.1) is 18.8 Å². The first kappa shape index (κ1) is 16.2. The van der Waals surface area contributed by atoms with Gasteiger partial charge in [0.15, 0.2) is 0 Å². The number of nitrogens with zero attached hydrogens (tertiary/aromatic N) is 1. The zero-order valence-electron chi connectivity index (χ0n) is 11.4. The predicted molar refractivity (Wildman–Crippen MR) is 65.8 cm³/mol. The van der Waals surface area contributed by atoms with Gasteiger partial charge in [0.25, 0.3) is 0 Å². The minimum atomic E-state index is -0.734. The molecule has 102 valence electrons. The Morgan fingerprint density at radius 1 is 1.41 bits per heavy atom. The van der Waals surface area contributed by atoms with E-state index in [0.717, 1.165) is 6.42 Å². The van der Waals surface area contributed by atoms with Crippen LogP contribution in [0, 0.1) is 0 Å². The Labute approximate surface area is 103 Å². The van der Waals surface area contributed by atoms with Crippen LogP contribution in [-0.2, 0) is 4.74 Å². The summed E-state index contributed by atoms with van der Waals surface area (Å²) in [5.74, 6) is 0. The van der Waals surface area contributed by atoms with Crippen molar-refractivity contribution in [2.45, 2.75) is 58.3 Å². The molecular formula is C12H25NO4. The van der Waals surface area contributed by atoms with E-state index >= 15 is 0 Å². The van der Waals surface area contributed by atoms with Crippen LogP contribution in [0.4, 0.5) is 4.79 Å². The van der Waals surface area contributed by atoms with Crippen LogP contribution in [0.2, 0.25) is 0 Å². The SMILES string of the molecule is CCC[C@@H](O)[C@@H](CO)N(C)C(=O)OC(C)(C)C. The van der Waals surface area contributed by atoms with E-state index in [9.17, 15) is 15.0 Å². The minimum Gasteiger partial charge on any atom is -0.444 e. The molecule has 0 saturated carbocycles. The molecule has 0 rings (SSSR count). The zero-order valence-corrected chi connectivity index (χ0v) is 11.4. The Hall–Kier alpha value is -0.810. The van der Waals surface area contributed by atoms with E-state index in [4.69, 9.17) is 4.74 Å². The molecule has 2 N–H and O–H groups in total. The number of carbonyl (C=O) groups excluding carboxylic acids is 1. The topological polar surface area (TPSA) is 70.0 Å². The number of ether oxygens (including phenoxy) is 1. The van der Waals surface area contributed by atoms with Gasteiger partial charge in [-0.1, -0.05) is 13.3 Å². The highest BCUT2D eigenvalue weighted by Gasteiger charge is 2.29. The third-order valence-corrected chi connectivity index (χ3v) is 2.39. The standard InChI is InChI=1S/C12H25NO4/c1-6-7-10(15)9(8-14)13(5)11(16)17-12(2,3)4/h9-10,14-15H,6-8H2,1-5H3/t9-,10-/m1/s1. The highest BCUT2D eigenvalue weighted by atomic mass is 16.6. The third kappa shape index (κ3) is 5.89. The third-order valence-electron chi connectivity index (χ3n) is 2.39. The predicted octanol–water partition coefficient (Wildman–Crippen LogP) is 1.38. The van der Waals surface area contributed by atoms with Crippen molar-refractivity contribution in [3.05, 3.63) is 0 Å². The van der Waals surface area contributed by atoms with Gasteiger partial charge < -0.3 is 19.8 Å². The summed E-state index contributed by atoms with van der Waals surface area (Å²) >= 11 is 0. The summed E-state index contributed by atoms with van der Waals surface area (Å²) in [4.78, 5) is 13.0. The number of rotatable bonds is 5. The molecule has 0 aromatic rings. The van der Waals surface area contributed by atoms with Crippen LogP contribution in [0.5, 0.6) is 0 Å². The van der Waals surface area contributed by atoms with Gasteiger partial charge in [-0.2, -0.15) is 0 Å². The monoisotopic (exact) mass is 247 g/mol. The van der Waals surface area contributed by atoms with Crippen LogP contribution in [0.15, 0.2) is 0 Å². The summed E-state index contributed by atoms with van der Waals surface area (Å²) in [7, 11) is 1.52. The van der Waals surface area contributed by atoms with Crippen molar-refractivity contribution in [1.29, 1.82) is 0 Å². The van der Waals surface area contributed by atoms with E-state index in [0.29, 0.717) is 6.42 Å². The molecule has 0 bridgehead atoms. The number of carbonyl (C=O) groups is 1. The molecule has 0 unspecified atom stereocenters. The van der Waals surface area contributed by atoms with Crippen molar-refractivity contribution in [1.82, 2.24) is 4.90 Å². The number of hydrogen-bond acceptors (Lipinski definition) is 4. The minimum absolute atomic E-state index is 0.281. The molecule has 0 aromatic heterocycles. The quantitative estimate of drug-likeness (QED) is 0.770. The molecule has 0 spiro atoms. The van der Waals surface area contributed by atoms with Gasteiger partial charge >= 0.3 is 6.09 Å². The largest absolute Gasteiger partial charge is 0.444 e. The first-order chi connectivity index (χ1) is 7.72. The van der Waals surface area contributed by atoms with E-state index < -0.39 is 23.8 Å². The average Bonchev–Trinajstić information content (AvgIpc) is 2.16. The molecule has 0 fully saturated rings. The summed E-state index contributed by atoms with van der Waals surface area (Å²) in [6.45, 7) is 6.97. The van der Waals surface area contributed by atoms with Gasteiger partial charge in [0.2, 0.25) is 0 Å². The Bertz CT molecular complexity index is 237. The number of amides is 1. The highest BCUT2D eigenvalue weighted by molar-refractivity contribution is 5.68. The lowest BCUT2D eigenvalue weighted by molar-refractivity contribution is -0.0126. The van der Waals surface area contributed by atoms with Crippen molar-refractivity contribution >= 4 is 6.09 Å². The number of aliphatic hydroxyl groups excluding tert-OH is 2. The van der Waals surface area contributed by atoms with Crippen molar-refractivity contribution in [3.63, 3.8) is 0 Å². The average molecular weight is 247 g/mol. The lowest BCUT2D eigenvalue weighted by atomic mass is 10.1. The van der Waals surface area contributed by atoms with Crippen molar-refractivity contribution in [3.8, 4) is 0 Å². The van der Waals surface area contributed by atoms with E-state index in [1.165, 1.54) is 11.9 Å². The Morgan fingerprint density at radius 2 is 1.94 bits per heavy atom. The Balaban J connectivity index is 4.52. The summed E-state index contributed by atoms with van der Waals surface area (Å²) in [5.41, 5.74) is -0.582. The molecule has 5 heteroatoms. The summed E-state index contributed by atoms with van der Waals surface area (Å²) in [6.07, 6.45) is 0.0623. The van der Waals surface area contributed by atoms with Crippen LogP contribution in [0.25, 0.3) is 0 Å². The summed E-state index contributed by atoms with van der Waals surface area (Å²) < 4.78 is 5.18. The van der Waals surface area contributed by atoms with Gasteiger partial charge in [-0.25, -0.2) is 4.79 Å². The normalized spacial score (nSPS) is 15.2. The molecule has 0 heterocycles. The van der Waals surface area contributed by atoms with E-state index in [-0.39, 0.29) is 6.61 Å². The molecule has 0 aliphatic rings. The summed E-state index contributed by atoms with van der Waals surface area (Å²) in [6, 6.07) is -0.621. The molecule has 0 aliphatic carbocycles. The number of aliphatic hydroxyl groups is 2. The van der Waals surface area contributed by atoms with E-state index in [1.807, 2.05) is 6.92 Å². The van der Waals surface area contributed by atoms with Crippen LogP contribution in [0.3, 0.4) is 0 Å². The van der Waals surface area contributed by atoms with E-state index in [2.05, 4.69) is 0 Å². The maximum absolute atomic E-state index is 11.7. The van der Waals surface area contributed by atoms with Crippen LogP contribution in [0.1, 0.15) is 40.5 Å². The smallest absolute Gasteiger partial charge is 0.410 e. The van der Waals surface area contributed by atoms with Gasteiger partial charge in [-0.05, 0) is 27.2 Å². The Kier molecular flexibility index (Phi) is 6.49. The molecule has 1 amide bonds. The van der Waals surface area contributed by atoms with Crippen LogP contribution >= 0.6 is 0 Å². The van der Waals surface area contributed by atoms with Crippen LogP contribution in [-0.4, -0.2) is 52.6 Å². The molecule has 17 heavy (non-hydrogen) atoms. The number of hydrogen-bond donors (Lipinski definition) is 2. The molecule has 0 saturated heterocycles. The first-order valence-electron chi connectivity index (χ1n) is 5.97. The first-order valence-corrected chi connectivity index (χ1v) is 5.97. The second-order valence-electron chi connectivity index (χ2n) is 5.20. The van der Waals surface area contributed by atoms with Crippen molar-refractivity contribution < 1.29 is 19.7 Å². The molecule has 0 aromatic carbocycles. The lowest BCUT2D eigenvalue weighted by Gasteiger charge is -2.32. The molecular weight excluding hydrogens is 222 g/mol. The van der Waals surface area contributed by atoms with Crippen LogP contribution < -0.4 is 0 Å². The zero-order chi connectivity index (χ0) is 13.6. The second kappa shape index (κ2) is 6.81. The Morgan fingerprint density at radius 3 is 2.29 bits per heavy atom. The maximum Gasteiger partial charge on any atom is 0.410 e. The molecule has 5 nitrogen and oxygen atoms in total. The molecule has 0 radical (unpaired) electrons. The highest BCUT2D eigenvalue weighted by Crippen LogP contribution is 2.14. The molecule has 2 atom stereocenters. The van der Waals surface area contributed by atoms with Gasteiger partial charge in [-0.15, -0.1) is 0 Å². The van der Waals surface area contributed by atoms with Crippen molar-refractivity contribution in [2.24, 2.45) is 0 Å². The van der Waals surface area contributed by atoms with Gasteiger partial charge in [-0.3, -0.25) is 0 Å². The van der Waals surface area contributed by atoms with Gasteiger partial charge in [0, 0.05) is 7.05 Å². The fraction of sp³-hybridized carbons (Fsp3) is 0.917. The lowest BCUT2D eigenvalue weighted by Crippen LogP contribution is -2.48. The van der Waals surface area contributed by atoms with Crippen molar-refractivity contribution in [2.75, 3.05) is 13.7 Å². The number of likely N-dealkylation sites (N-methyl/N-ethyl adjacent to an activating group) is 1.